The highest BCUT2D eigenvalue weighted by Gasteiger charge is 2.21. The maximum absolute atomic E-state index is 5.68. The Balaban J connectivity index is 2.66. The highest BCUT2D eigenvalue weighted by molar-refractivity contribution is 9.10. The summed E-state index contributed by atoms with van der Waals surface area (Å²) < 4.78 is 7.09. The first-order chi connectivity index (χ1) is 9.84. The summed E-state index contributed by atoms with van der Waals surface area (Å²) in [7, 11) is 0. The van der Waals surface area contributed by atoms with Crippen LogP contribution in [0.15, 0.2) is 28.7 Å². The normalized spacial score (nSPS) is 11.5. The van der Waals surface area contributed by atoms with Crippen LogP contribution in [0, 0.1) is 4.64 Å². The van der Waals surface area contributed by atoms with Gasteiger partial charge in [0.15, 0.2) is 0 Å². The van der Waals surface area contributed by atoms with Crippen LogP contribution in [0.4, 0.5) is 0 Å². The summed E-state index contributed by atoms with van der Waals surface area (Å²) >= 11 is 8.93. The molecule has 0 fully saturated rings. The molecule has 2 rings (SSSR count). The lowest BCUT2D eigenvalue weighted by molar-refractivity contribution is 0.341. The van der Waals surface area contributed by atoms with Crippen molar-refractivity contribution >= 4 is 28.1 Å². The second kappa shape index (κ2) is 6.28. The fraction of sp³-hybridized carbons (Fsp3) is 0.375. The largest absolute Gasteiger partial charge is 0.493 e. The first-order valence-corrected chi connectivity index (χ1v) is 8.07. The zero-order chi connectivity index (χ0) is 15.6. The van der Waals surface area contributed by atoms with Crippen molar-refractivity contribution < 1.29 is 4.74 Å². The highest BCUT2D eigenvalue weighted by Crippen LogP contribution is 2.33. The van der Waals surface area contributed by atoms with Gasteiger partial charge in [-0.1, -0.05) is 45.1 Å². The van der Waals surface area contributed by atoms with Crippen LogP contribution in [-0.2, 0) is 5.41 Å². The molecule has 0 aliphatic carbocycles. The second-order valence-corrected chi connectivity index (χ2v) is 6.94. The molecular weight excluding hydrogens is 348 g/mol. The van der Waals surface area contributed by atoms with Crippen LogP contribution < -0.4 is 4.74 Å². The first kappa shape index (κ1) is 16.2. The minimum absolute atomic E-state index is 0.0648. The van der Waals surface area contributed by atoms with Gasteiger partial charge in [-0.15, -0.1) is 0 Å². The van der Waals surface area contributed by atoms with Gasteiger partial charge in [-0.2, -0.15) is 0 Å². The molecule has 0 bridgehead atoms. The minimum atomic E-state index is -0.0648. The predicted molar refractivity (Wildman–Crippen MR) is 92.4 cm³/mol. The third kappa shape index (κ3) is 3.52. The van der Waals surface area contributed by atoms with E-state index in [-0.39, 0.29) is 5.41 Å². The summed E-state index contributed by atoms with van der Waals surface area (Å²) in [5.74, 6) is 1.54. The lowest BCUT2D eigenvalue weighted by Gasteiger charge is -2.21. The van der Waals surface area contributed by atoms with E-state index in [1.54, 1.807) is 0 Å². The fourth-order valence-corrected chi connectivity index (χ4v) is 3.02. The van der Waals surface area contributed by atoms with E-state index in [2.05, 4.69) is 46.7 Å². The first-order valence-electron chi connectivity index (χ1n) is 6.87. The van der Waals surface area contributed by atoms with E-state index in [4.69, 9.17) is 17.0 Å². The van der Waals surface area contributed by atoms with Gasteiger partial charge >= 0.3 is 0 Å². The number of halogens is 1. The van der Waals surface area contributed by atoms with Crippen LogP contribution >= 0.6 is 28.1 Å². The summed E-state index contributed by atoms with van der Waals surface area (Å²) in [6.45, 7) is 8.98. The van der Waals surface area contributed by atoms with E-state index in [0.717, 1.165) is 27.3 Å². The number of H-pyrrole nitrogens is 1. The molecular formula is C16H19BrN2OS. The number of rotatable bonds is 3. The topological polar surface area (TPSA) is 37.9 Å². The molecule has 1 aromatic carbocycles. The molecule has 0 atom stereocenters. The summed E-state index contributed by atoms with van der Waals surface area (Å²) in [6.07, 6.45) is 0. The molecule has 0 saturated heterocycles. The molecule has 0 radical (unpaired) electrons. The zero-order valence-corrected chi connectivity index (χ0v) is 15.1. The van der Waals surface area contributed by atoms with Gasteiger partial charge in [0.2, 0.25) is 0 Å². The number of benzene rings is 1. The Bertz CT molecular complexity index is 704. The van der Waals surface area contributed by atoms with E-state index in [1.807, 2.05) is 31.2 Å². The molecule has 5 heteroatoms. The third-order valence-electron chi connectivity index (χ3n) is 3.06. The van der Waals surface area contributed by atoms with Gasteiger partial charge in [0.25, 0.3) is 0 Å². The molecule has 112 valence electrons. The van der Waals surface area contributed by atoms with E-state index >= 15 is 0 Å². The molecule has 3 nitrogen and oxygen atoms in total. The van der Waals surface area contributed by atoms with Crippen molar-refractivity contribution in [2.45, 2.75) is 33.1 Å². The van der Waals surface area contributed by atoms with E-state index in [1.165, 1.54) is 0 Å². The molecule has 1 aromatic heterocycles. The molecule has 1 N–H and O–H groups in total. The monoisotopic (exact) mass is 366 g/mol. The van der Waals surface area contributed by atoms with Crippen molar-refractivity contribution in [3.8, 4) is 17.1 Å². The lowest BCUT2D eigenvalue weighted by Crippen LogP contribution is -2.16. The van der Waals surface area contributed by atoms with Crippen molar-refractivity contribution in [1.29, 1.82) is 0 Å². The number of ether oxygens (including phenoxy) is 1. The van der Waals surface area contributed by atoms with Crippen LogP contribution in [-0.4, -0.2) is 16.6 Å². The second-order valence-electron chi connectivity index (χ2n) is 5.76. The molecule has 0 spiro atoms. The number of aromatic amines is 1. The SMILES string of the molecule is CCOc1ccccc1-c1nc(=S)c(Br)c(C(C)(C)C)[nH]1. The van der Waals surface area contributed by atoms with Crippen LogP contribution in [0.5, 0.6) is 5.75 Å². The van der Waals surface area contributed by atoms with Crippen molar-refractivity contribution in [2.24, 2.45) is 0 Å². The Morgan fingerprint density at radius 3 is 2.57 bits per heavy atom. The highest BCUT2D eigenvalue weighted by atomic mass is 79.9. The molecule has 2 aromatic rings. The van der Waals surface area contributed by atoms with Crippen molar-refractivity contribution in [1.82, 2.24) is 9.97 Å². The Kier molecular flexibility index (Phi) is 4.84. The Morgan fingerprint density at radius 2 is 1.95 bits per heavy atom. The van der Waals surface area contributed by atoms with E-state index in [0.29, 0.717) is 11.2 Å². The van der Waals surface area contributed by atoms with Crippen LogP contribution in [0.3, 0.4) is 0 Å². The van der Waals surface area contributed by atoms with E-state index < -0.39 is 0 Å². The maximum atomic E-state index is 5.68. The summed E-state index contributed by atoms with van der Waals surface area (Å²) in [5, 5.41) is 0. The number of nitrogens with one attached hydrogen (secondary N) is 1. The average molecular weight is 367 g/mol. The molecule has 21 heavy (non-hydrogen) atoms. The standard InChI is InChI=1S/C16H19BrN2OS/c1-5-20-11-9-7-6-8-10(11)14-18-13(16(2,3)4)12(17)15(21)19-14/h6-9H,5H2,1-4H3,(H,18,19,21). The smallest absolute Gasteiger partial charge is 0.144 e. The van der Waals surface area contributed by atoms with Gasteiger partial charge in [-0.05, 0) is 35.0 Å². The minimum Gasteiger partial charge on any atom is -0.493 e. The van der Waals surface area contributed by atoms with Crippen LogP contribution in [0.2, 0.25) is 0 Å². The number of aromatic nitrogens is 2. The van der Waals surface area contributed by atoms with Gasteiger partial charge in [-0.3, -0.25) is 0 Å². The molecule has 1 heterocycles. The predicted octanol–water partition coefficient (Wildman–Crippen LogP) is 5.26. The maximum Gasteiger partial charge on any atom is 0.144 e. The van der Waals surface area contributed by atoms with Gasteiger partial charge in [0.1, 0.15) is 16.2 Å². The average Bonchev–Trinajstić information content (AvgIpc) is 2.41. The van der Waals surface area contributed by atoms with Crippen LogP contribution in [0.1, 0.15) is 33.4 Å². The van der Waals surface area contributed by atoms with Crippen molar-refractivity contribution in [3.05, 3.63) is 39.1 Å². The number of nitrogens with zero attached hydrogens (tertiary/aromatic N) is 1. The van der Waals surface area contributed by atoms with Crippen LogP contribution in [0.25, 0.3) is 11.4 Å². The molecule has 0 aliphatic rings. The summed E-state index contributed by atoms with van der Waals surface area (Å²) in [6, 6.07) is 7.84. The van der Waals surface area contributed by atoms with Crippen molar-refractivity contribution in [3.63, 3.8) is 0 Å². The Labute approximate surface area is 138 Å². The third-order valence-corrected chi connectivity index (χ3v) is 4.39. The van der Waals surface area contributed by atoms with Gasteiger partial charge in [0, 0.05) is 11.1 Å². The number of para-hydroxylation sites is 1. The van der Waals surface area contributed by atoms with Gasteiger partial charge in [-0.25, -0.2) is 4.98 Å². The lowest BCUT2D eigenvalue weighted by atomic mass is 9.92. The van der Waals surface area contributed by atoms with Gasteiger partial charge < -0.3 is 9.72 Å². The molecule has 0 aliphatic heterocycles. The Hall–Kier alpha value is -1.20. The number of hydrogen-bond donors (Lipinski definition) is 1. The number of hydrogen-bond acceptors (Lipinski definition) is 3. The van der Waals surface area contributed by atoms with Gasteiger partial charge in [0.05, 0.1) is 16.6 Å². The molecule has 0 unspecified atom stereocenters. The van der Waals surface area contributed by atoms with Crippen molar-refractivity contribution in [2.75, 3.05) is 6.61 Å². The van der Waals surface area contributed by atoms with E-state index in [9.17, 15) is 0 Å². The molecule has 0 amide bonds. The zero-order valence-electron chi connectivity index (χ0n) is 12.7. The molecule has 0 saturated carbocycles. The Morgan fingerprint density at radius 1 is 1.29 bits per heavy atom. The quantitative estimate of drug-likeness (QED) is 0.752. The summed E-state index contributed by atoms with van der Waals surface area (Å²) in [5.41, 5.74) is 1.89. The fourth-order valence-electron chi connectivity index (χ4n) is 2.05. The summed E-state index contributed by atoms with van der Waals surface area (Å²) in [4.78, 5) is 7.90.